The summed E-state index contributed by atoms with van der Waals surface area (Å²) in [5.74, 6) is 0.938. The van der Waals surface area contributed by atoms with Gasteiger partial charge < -0.3 is 10.6 Å². The maximum atomic E-state index is 4.81. The predicted molar refractivity (Wildman–Crippen MR) is 112 cm³/mol. The summed E-state index contributed by atoms with van der Waals surface area (Å²) in [4.78, 5) is 9.12. The minimum atomic E-state index is 0.352. The number of benzene rings is 2. The number of fused-ring (bicyclic) bond motifs is 2. The molecule has 0 fully saturated rings. The molecule has 0 saturated heterocycles. The second-order valence-corrected chi connectivity index (χ2v) is 7.80. The van der Waals surface area contributed by atoms with Crippen LogP contribution in [0.5, 0.6) is 0 Å². The maximum absolute atomic E-state index is 4.81. The number of nitrogens with one attached hydrogen (secondary N) is 2. The van der Waals surface area contributed by atoms with Gasteiger partial charge in [0.1, 0.15) is 10.8 Å². The first kappa shape index (κ1) is 16.3. The number of aryl methyl sites for hydroxylation is 1. The summed E-state index contributed by atoms with van der Waals surface area (Å²) in [7, 11) is 0. The van der Waals surface area contributed by atoms with Crippen LogP contribution in [0.15, 0.2) is 66.2 Å². The van der Waals surface area contributed by atoms with E-state index in [1.807, 2.05) is 11.6 Å². The summed E-state index contributed by atoms with van der Waals surface area (Å²) < 4.78 is 0. The quantitative estimate of drug-likeness (QED) is 0.492. The monoisotopic (exact) mass is 372 g/mol. The fraction of sp³-hybridized carbons (Fsp3) is 0.182. The molecule has 1 aliphatic rings. The second kappa shape index (κ2) is 7.00. The summed E-state index contributed by atoms with van der Waals surface area (Å²) in [6.45, 7) is 0.747. The lowest BCUT2D eigenvalue weighted by molar-refractivity contribution is 0.758. The van der Waals surface area contributed by atoms with Crippen LogP contribution in [0.4, 0.5) is 11.5 Å². The van der Waals surface area contributed by atoms with Gasteiger partial charge in [0.25, 0.3) is 0 Å². The van der Waals surface area contributed by atoms with Gasteiger partial charge in [-0.05, 0) is 54.3 Å². The lowest BCUT2D eigenvalue weighted by atomic mass is 10.1. The highest BCUT2D eigenvalue weighted by Crippen LogP contribution is 2.33. The maximum Gasteiger partial charge on any atom is 0.127 e. The van der Waals surface area contributed by atoms with Gasteiger partial charge in [-0.3, -0.25) is 0 Å². The van der Waals surface area contributed by atoms with Crippen LogP contribution < -0.4 is 10.6 Å². The minimum absolute atomic E-state index is 0.352. The van der Waals surface area contributed by atoms with E-state index in [-0.39, 0.29) is 0 Å². The molecule has 2 N–H and O–H groups in total. The third-order valence-electron chi connectivity index (χ3n) is 5.07. The number of aromatic nitrogens is 2. The minimum Gasteiger partial charge on any atom is -0.379 e. The number of anilines is 2. The van der Waals surface area contributed by atoms with Crippen molar-refractivity contribution in [2.45, 2.75) is 25.4 Å². The van der Waals surface area contributed by atoms with Gasteiger partial charge in [-0.2, -0.15) is 0 Å². The molecule has 0 radical (unpaired) electrons. The summed E-state index contributed by atoms with van der Waals surface area (Å²) in [5.41, 5.74) is 4.95. The van der Waals surface area contributed by atoms with Crippen LogP contribution in [0, 0.1) is 0 Å². The van der Waals surface area contributed by atoms with Crippen LogP contribution >= 0.6 is 11.3 Å². The molecule has 0 bridgehead atoms. The van der Waals surface area contributed by atoms with E-state index < -0.39 is 0 Å². The Morgan fingerprint density at radius 1 is 1.07 bits per heavy atom. The predicted octanol–water partition coefficient (Wildman–Crippen LogP) is 5.40. The van der Waals surface area contributed by atoms with Crippen molar-refractivity contribution in [1.82, 2.24) is 9.97 Å². The Morgan fingerprint density at radius 3 is 2.96 bits per heavy atom. The topological polar surface area (TPSA) is 49.8 Å². The average molecular weight is 372 g/mol. The number of thiazole rings is 1. The molecular weight excluding hydrogens is 352 g/mol. The summed E-state index contributed by atoms with van der Waals surface area (Å²) in [5, 5.41) is 11.3. The van der Waals surface area contributed by atoms with Gasteiger partial charge in [0.15, 0.2) is 0 Å². The molecule has 4 aromatic rings. The molecule has 0 saturated carbocycles. The Balaban J connectivity index is 1.33. The molecular formula is C22H20N4S. The van der Waals surface area contributed by atoms with Crippen molar-refractivity contribution in [3.8, 4) is 0 Å². The SMILES string of the molecule is c1ccc2c(c1)CC[C@H]2Nc1ccc2cc(NCc3nccs3)ccc2n1. The molecule has 1 atom stereocenters. The zero-order valence-corrected chi connectivity index (χ0v) is 15.7. The Morgan fingerprint density at radius 2 is 2.04 bits per heavy atom. The third-order valence-corrected chi connectivity index (χ3v) is 5.85. The first-order chi connectivity index (χ1) is 13.3. The summed E-state index contributed by atoms with van der Waals surface area (Å²) in [6, 6.07) is 19.6. The third kappa shape index (κ3) is 3.38. The van der Waals surface area contributed by atoms with Gasteiger partial charge in [0, 0.05) is 22.7 Å². The largest absolute Gasteiger partial charge is 0.379 e. The molecule has 0 spiro atoms. The molecule has 0 amide bonds. The number of pyridine rings is 1. The van der Waals surface area contributed by atoms with Crippen molar-refractivity contribution in [2.75, 3.05) is 10.6 Å². The fourth-order valence-electron chi connectivity index (χ4n) is 3.72. The van der Waals surface area contributed by atoms with Gasteiger partial charge >= 0.3 is 0 Å². The lowest BCUT2D eigenvalue weighted by Crippen LogP contribution is -2.08. The van der Waals surface area contributed by atoms with Crippen molar-refractivity contribution in [2.24, 2.45) is 0 Å². The van der Waals surface area contributed by atoms with E-state index in [0.717, 1.165) is 46.8 Å². The van der Waals surface area contributed by atoms with E-state index in [1.165, 1.54) is 11.1 Å². The van der Waals surface area contributed by atoms with Crippen LogP contribution in [0.1, 0.15) is 28.6 Å². The molecule has 0 aliphatic heterocycles. The van der Waals surface area contributed by atoms with E-state index in [1.54, 1.807) is 11.3 Å². The smallest absolute Gasteiger partial charge is 0.127 e. The van der Waals surface area contributed by atoms with Crippen molar-refractivity contribution >= 4 is 33.7 Å². The molecule has 5 rings (SSSR count). The van der Waals surface area contributed by atoms with Crippen LogP contribution in [0.2, 0.25) is 0 Å². The molecule has 27 heavy (non-hydrogen) atoms. The summed E-state index contributed by atoms with van der Waals surface area (Å²) in [6.07, 6.45) is 4.09. The molecule has 1 aliphatic carbocycles. The van der Waals surface area contributed by atoms with E-state index in [9.17, 15) is 0 Å². The standard InChI is InChI=1S/C22H20N4S/c1-2-4-18-15(3-1)5-8-20(18)26-21-10-6-16-13-17(7-9-19(16)25-21)24-14-22-23-11-12-27-22/h1-4,6-7,9-13,20,24H,5,8,14H2,(H,25,26)/t20-/m1/s1. The highest BCUT2D eigenvalue weighted by atomic mass is 32.1. The number of nitrogens with zero attached hydrogens (tertiary/aromatic N) is 2. The van der Waals surface area contributed by atoms with E-state index in [4.69, 9.17) is 4.98 Å². The normalized spacial score (nSPS) is 15.6. The van der Waals surface area contributed by atoms with E-state index in [0.29, 0.717) is 6.04 Å². The Hall–Kier alpha value is -2.92. The van der Waals surface area contributed by atoms with E-state index in [2.05, 4.69) is 70.2 Å². The molecule has 2 aromatic carbocycles. The molecule has 5 heteroatoms. The number of hydrogen-bond acceptors (Lipinski definition) is 5. The molecule has 134 valence electrons. The van der Waals surface area contributed by atoms with Gasteiger partial charge in [-0.15, -0.1) is 11.3 Å². The zero-order valence-electron chi connectivity index (χ0n) is 14.9. The Bertz CT molecular complexity index is 1070. The van der Waals surface area contributed by atoms with Gasteiger partial charge in [-0.1, -0.05) is 24.3 Å². The van der Waals surface area contributed by atoms with Crippen LogP contribution in [0.25, 0.3) is 10.9 Å². The Kier molecular flexibility index (Phi) is 4.22. The van der Waals surface area contributed by atoms with Gasteiger partial charge in [0.2, 0.25) is 0 Å². The number of hydrogen-bond donors (Lipinski definition) is 2. The molecule has 0 unspecified atom stereocenters. The van der Waals surface area contributed by atoms with Crippen LogP contribution in [-0.2, 0) is 13.0 Å². The fourth-order valence-corrected chi connectivity index (χ4v) is 4.28. The second-order valence-electron chi connectivity index (χ2n) is 6.82. The summed E-state index contributed by atoms with van der Waals surface area (Å²) >= 11 is 1.66. The van der Waals surface area contributed by atoms with Gasteiger partial charge in [0.05, 0.1) is 18.1 Å². The van der Waals surface area contributed by atoms with Crippen LogP contribution in [-0.4, -0.2) is 9.97 Å². The van der Waals surface area contributed by atoms with Crippen molar-refractivity contribution in [3.05, 3.63) is 82.3 Å². The lowest BCUT2D eigenvalue weighted by Gasteiger charge is -2.15. The Labute approximate surface area is 162 Å². The first-order valence-electron chi connectivity index (χ1n) is 9.22. The number of rotatable bonds is 5. The molecule has 2 aromatic heterocycles. The molecule has 4 nitrogen and oxygen atoms in total. The van der Waals surface area contributed by atoms with Gasteiger partial charge in [-0.25, -0.2) is 9.97 Å². The van der Waals surface area contributed by atoms with Crippen molar-refractivity contribution in [1.29, 1.82) is 0 Å². The van der Waals surface area contributed by atoms with Crippen molar-refractivity contribution in [3.63, 3.8) is 0 Å². The van der Waals surface area contributed by atoms with Crippen LogP contribution in [0.3, 0.4) is 0 Å². The highest BCUT2D eigenvalue weighted by Gasteiger charge is 2.21. The molecule has 2 heterocycles. The average Bonchev–Trinajstić information content (AvgIpc) is 3.37. The first-order valence-corrected chi connectivity index (χ1v) is 10.1. The van der Waals surface area contributed by atoms with Crippen molar-refractivity contribution < 1.29 is 0 Å². The zero-order chi connectivity index (χ0) is 18.1. The highest BCUT2D eigenvalue weighted by molar-refractivity contribution is 7.09. The van der Waals surface area contributed by atoms with E-state index >= 15 is 0 Å².